The van der Waals surface area contributed by atoms with Gasteiger partial charge in [-0.1, -0.05) is 6.92 Å². The van der Waals surface area contributed by atoms with Crippen molar-refractivity contribution in [1.29, 1.82) is 0 Å². The van der Waals surface area contributed by atoms with Crippen LogP contribution in [0.15, 0.2) is 0 Å². The normalized spacial score (nSPS) is 10.2. The SMILES string of the molecule is CCCN(C(=O)N(CC(=O)O)CC(=O)O)C(C)C. The first kappa shape index (κ1) is 16.2. The van der Waals surface area contributed by atoms with Crippen LogP contribution in [0, 0.1) is 0 Å². The highest BCUT2D eigenvalue weighted by molar-refractivity contribution is 5.84. The summed E-state index contributed by atoms with van der Waals surface area (Å²) in [6, 6.07) is -0.667. The first-order chi connectivity index (χ1) is 8.29. The predicted molar refractivity (Wildman–Crippen MR) is 64.4 cm³/mol. The number of carbonyl (C=O) groups is 3. The number of carbonyl (C=O) groups excluding carboxylic acids is 1. The van der Waals surface area contributed by atoms with Gasteiger partial charge in [0.1, 0.15) is 13.1 Å². The zero-order valence-electron chi connectivity index (χ0n) is 10.9. The Balaban J connectivity index is 4.88. The second kappa shape index (κ2) is 7.52. The molecule has 0 aliphatic heterocycles. The molecule has 0 saturated carbocycles. The van der Waals surface area contributed by atoms with Crippen LogP contribution in [0.2, 0.25) is 0 Å². The van der Waals surface area contributed by atoms with Gasteiger partial charge in [0.2, 0.25) is 0 Å². The van der Waals surface area contributed by atoms with E-state index in [1.165, 1.54) is 4.90 Å². The van der Waals surface area contributed by atoms with Crippen molar-refractivity contribution in [3.05, 3.63) is 0 Å². The lowest BCUT2D eigenvalue weighted by atomic mass is 10.3. The van der Waals surface area contributed by atoms with Gasteiger partial charge < -0.3 is 20.0 Å². The lowest BCUT2D eigenvalue weighted by molar-refractivity contribution is -0.140. The number of hydrogen-bond donors (Lipinski definition) is 2. The maximum Gasteiger partial charge on any atom is 0.323 e. The van der Waals surface area contributed by atoms with Crippen LogP contribution in [0.5, 0.6) is 0 Å². The topological polar surface area (TPSA) is 98.2 Å². The molecular formula is C11H20N2O5. The van der Waals surface area contributed by atoms with Crippen LogP contribution in [0.3, 0.4) is 0 Å². The molecule has 0 heterocycles. The zero-order chi connectivity index (χ0) is 14.3. The second-order valence-electron chi connectivity index (χ2n) is 4.21. The minimum absolute atomic E-state index is 0.109. The molecule has 0 bridgehead atoms. The van der Waals surface area contributed by atoms with Crippen LogP contribution >= 0.6 is 0 Å². The molecule has 0 aliphatic rings. The molecule has 0 aromatic rings. The minimum atomic E-state index is -1.23. The van der Waals surface area contributed by atoms with Crippen molar-refractivity contribution in [3.8, 4) is 0 Å². The Morgan fingerprint density at radius 1 is 1.06 bits per heavy atom. The molecule has 7 heteroatoms. The Hall–Kier alpha value is -1.79. The summed E-state index contributed by atoms with van der Waals surface area (Å²) in [5.74, 6) is -2.46. The molecule has 0 aliphatic carbocycles. The smallest absolute Gasteiger partial charge is 0.323 e. The van der Waals surface area contributed by atoms with Crippen LogP contribution in [-0.2, 0) is 9.59 Å². The van der Waals surface area contributed by atoms with Crippen molar-refractivity contribution in [2.75, 3.05) is 19.6 Å². The van der Waals surface area contributed by atoms with Crippen LogP contribution in [0.1, 0.15) is 27.2 Å². The van der Waals surface area contributed by atoms with Crippen LogP contribution in [0.4, 0.5) is 4.79 Å². The summed E-state index contributed by atoms with van der Waals surface area (Å²) in [5, 5.41) is 17.4. The molecule has 0 aromatic carbocycles. The molecule has 2 amide bonds. The summed E-state index contributed by atoms with van der Waals surface area (Å²) in [7, 11) is 0. The van der Waals surface area contributed by atoms with Crippen LogP contribution < -0.4 is 0 Å². The fourth-order valence-corrected chi connectivity index (χ4v) is 1.51. The summed E-state index contributed by atoms with van der Waals surface area (Å²) in [5.41, 5.74) is 0. The first-order valence-electron chi connectivity index (χ1n) is 5.78. The van der Waals surface area contributed by atoms with Crippen molar-refractivity contribution in [3.63, 3.8) is 0 Å². The summed E-state index contributed by atoms with van der Waals surface area (Å²) in [6.45, 7) is 4.73. The van der Waals surface area contributed by atoms with Gasteiger partial charge in [-0.15, -0.1) is 0 Å². The number of hydrogen-bond acceptors (Lipinski definition) is 3. The van der Waals surface area contributed by atoms with Gasteiger partial charge in [-0.3, -0.25) is 9.59 Å². The number of aliphatic carboxylic acids is 2. The van der Waals surface area contributed by atoms with Gasteiger partial charge in [0, 0.05) is 12.6 Å². The van der Waals surface area contributed by atoms with Gasteiger partial charge in [-0.25, -0.2) is 4.79 Å². The summed E-state index contributed by atoms with van der Waals surface area (Å²) >= 11 is 0. The summed E-state index contributed by atoms with van der Waals surface area (Å²) < 4.78 is 0. The van der Waals surface area contributed by atoms with Crippen molar-refractivity contribution in [2.24, 2.45) is 0 Å². The van der Waals surface area contributed by atoms with E-state index in [2.05, 4.69) is 0 Å². The molecule has 0 aromatic heterocycles. The largest absolute Gasteiger partial charge is 0.480 e. The Morgan fingerprint density at radius 3 is 1.78 bits per heavy atom. The van der Waals surface area contributed by atoms with Gasteiger partial charge in [-0.05, 0) is 20.3 Å². The summed E-state index contributed by atoms with van der Waals surface area (Å²) in [4.78, 5) is 35.6. The Kier molecular flexibility index (Phi) is 6.77. The van der Waals surface area contributed by atoms with Gasteiger partial charge >= 0.3 is 18.0 Å². The van der Waals surface area contributed by atoms with E-state index >= 15 is 0 Å². The molecule has 0 atom stereocenters. The van der Waals surface area contributed by atoms with E-state index in [-0.39, 0.29) is 6.04 Å². The monoisotopic (exact) mass is 260 g/mol. The van der Waals surface area contributed by atoms with Crippen LogP contribution in [-0.4, -0.2) is 63.7 Å². The van der Waals surface area contributed by atoms with E-state index < -0.39 is 31.1 Å². The molecule has 7 nitrogen and oxygen atoms in total. The van der Waals surface area contributed by atoms with Gasteiger partial charge in [0.05, 0.1) is 0 Å². The van der Waals surface area contributed by atoms with Crippen LogP contribution in [0.25, 0.3) is 0 Å². The third-order valence-corrected chi connectivity index (χ3v) is 2.26. The van der Waals surface area contributed by atoms with Gasteiger partial charge in [0.15, 0.2) is 0 Å². The van der Waals surface area contributed by atoms with Gasteiger partial charge in [-0.2, -0.15) is 0 Å². The van der Waals surface area contributed by atoms with Crippen molar-refractivity contribution in [1.82, 2.24) is 9.80 Å². The van der Waals surface area contributed by atoms with E-state index in [1.54, 1.807) is 13.8 Å². The van der Waals surface area contributed by atoms with E-state index in [9.17, 15) is 14.4 Å². The van der Waals surface area contributed by atoms with Gasteiger partial charge in [0.25, 0.3) is 0 Å². The third kappa shape index (κ3) is 5.51. The van der Waals surface area contributed by atoms with Crippen molar-refractivity contribution < 1.29 is 24.6 Å². The number of rotatable bonds is 7. The molecule has 0 spiro atoms. The lowest BCUT2D eigenvalue weighted by Crippen LogP contribution is -2.50. The number of nitrogens with zero attached hydrogens (tertiary/aromatic N) is 2. The minimum Gasteiger partial charge on any atom is -0.480 e. The molecule has 2 N–H and O–H groups in total. The Morgan fingerprint density at radius 2 is 1.50 bits per heavy atom. The standard InChI is InChI=1S/C11H20N2O5/c1-4-5-13(8(2)3)11(18)12(6-9(14)15)7-10(16)17/h8H,4-7H2,1-3H3,(H,14,15)(H,16,17). The number of carboxylic acid groups (broad SMARTS) is 2. The summed E-state index contributed by atoms with van der Waals surface area (Å²) in [6.07, 6.45) is 0.720. The molecule has 0 fully saturated rings. The average Bonchev–Trinajstić information content (AvgIpc) is 2.22. The van der Waals surface area contributed by atoms with E-state index in [0.29, 0.717) is 6.54 Å². The van der Waals surface area contributed by atoms with E-state index in [0.717, 1.165) is 11.3 Å². The third-order valence-electron chi connectivity index (χ3n) is 2.26. The van der Waals surface area contributed by atoms with Crippen molar-refractivity contribution >= 4 is 18.0 Å². The fraction of sp³-hybridized carbons (Fsp3) is 0.727. The van der Waals surface area contributed by atoms with E-state index in [4.69, 9.17) is 10.2 Å². The molecule has 0 saturated heterocycles. The molecular weight excluding hydrogens is 240 g/mol. The molecule has 0 unspecified atom stereocenters. The highest BCUT2D eigenvalue weighted by Gasteiger charge is 2.25. The number of amides is 2. The highest BCUT2D eigenvalue weighted by Crippen LogP contribution is 2.06. The number of urea groups is 1. The Labute approximate surface area is 106 Å². The maximum atomic E-state index is 12.1. The number of carboxylic acids is 2. The molecule has 104 valence electrons. The highest BCUT2D eigenvalue weighted by atomic mass is 16.4. The zero-order valence-corrected chi connectivity index (χ0v) is 10.9. The average molecular weight is 260 g/mol. The quantitative estimate of drug-likeness (QED) is 0.702. The lowest BCUT2D eigenvalue weighted by Gasteiger charge is -2.31. The van der Waals surface area contributed by atoms with E-state index in [1.807, 2.05) is 6.92 Å². The maximum absolute atomic E-state index is 12.1. The first-order valence-corrected chi connectivity index (χ1v) is 5.78. The Bertz CT molecular complexity index is 301. The fourth-order valence-electron chi connectivity index (χ4n) is 1.51. The van der Waals surface area contributed by atoms with Crippen molar-refractivity contribution in [2.45, 2.75) is 33.2 Å². The predicted octanol–water partition coefficient (Wildman–Crippen LogP) is 0.698. The molecule has 18 heavy (non-hydrogen) atoms. The molecule has 0 rings (SSSR count). The second-order valence-corrected chi connectivity index (χ2v) is 4.21. The molecule has 0 radical (unpaired) electrons.